The van der Waals surface area contributed by atoms with E-state index in [1.54, 1.807) is 19.1 Å². The molecule has 0 spiro atoms. The molecule has 1 aromatic heterocycles. The molecular formula is C22H32N4O6S2. The summed E-state index contributed by atoms with van der Waals surface area (Å²) >= 11 is 1.32. The first-order valence-electron chi connectivity index (χ1n) is 11.7. The number of ether oxygens (including phenoxy) is 3. The van der Waals surface area contributed by atoms with Crippen molar-refractivity contribution in [1.29, 1.82) is 0 Å². The third-order valence-corrected chi connectivity index (χ3v) is 8.72. The SMILES string of the molecule is CCOC(=O)CSc1nc2cc(S(=O)(=O)N3CCOCC3)ccc2n1CCCN1CCOCC1. The Kier molecular flexibility index (Phi) is 8.83. The van der Waals surface area contributed by atoms with Crippen LogP contribution in [-0.2, 0) is 35.6 Å². The molecule has 0 N–H and O–H groups in total. The van der Waals surface area contributed by atoms with Crippen LogP contribution in [0.1, 0.15) is 13.3 Å². The number of sulfonamides is 1. The van der Waals surface area contributed by atoms with Crippen LogP contribution in [0.15, 0.2) is 28.3 Å². The number of esters is 1. The molecule has 2 aliphatic rings. The van der Waals surface area contributed by atoms with Crippen molar-refractivity contribution in [2.75, 3.05) is 71.5 Å². The highest BCUT2D eigenvalue weighted by atomic mass is 32.2. The molecule has 3 heterocycles. The lowest BCUT2D eigenvalue weighted by molar-refractivity contribution is -0.139. The second-order valence-electron chi connectivity index (χ2n) is 8.11. The minimum absolute atomic E-state index is 0.152. The van der Waals surface area contributed by atoms with Gasteiger partial charge in [-0.1, -0.05) is 11.8 Å². The van der Waals surface area contributed by atoms with Crippen molar-refractivity contribution in [2.45, 2.75) is 29.9 Å². The number of hydrogen-bond donors (Lipinski definition) is 0. The van der Waals surface area contributed by atoms with Crippen LogP contribution in [0.4, 0.5) is 0 Å². The van der Waals surface area contributed by atoms with Gasteiger partial charge in [-0.25, -0.2) is 13.4 Å². The minimum Gasteiger partial charge on any atom is -0.465 e. The molecule has 2 fully saturated rings. The first-order valence-corrected chi connectivity index (χ1v) is 14.1. The molecule has 10 nitrogen and oxygen atoms in total. The Morgan fingerprint density at radius 2 is 1.79 bits per heavy atom. The molecule has 0 atom stereocenters. The third-order valence-electron chi connectivity index (χ3n) is 5.88. The highest BCUT2D eigenvalue weighted by Crippen LogP contribution is 2.28. The molecule has 2 aliphatic heterocycles. The largest absolute Gasteiger partial charge is 0.465 e. The van der Waals surface area contributed by atoms with Crippen molar-refractivity contribution in [3.05, 3.63) is 18.2 Å². The second-order valence-corrected chi connectivity index (χ2v) is 11.0. The van der Waals surface area contributed by atoms with E-state index in [1.807, 2.05) is 6.07 Å². The number of aryl methyl sites for hydroxylation is 1. The number of hydrogen-bond acceptors (Lipinski definition) is 9. The van der Waals surface area contributed by atoms with E-state index >= 15 is 0 Å². The van der Waals surface area contributed by atoms with Gasteiger partial charge in [0.05, 0.1) is 54.7 Å². The predicted octanol–water partition coefficient (Wildman–Crippen LogP) is 1.43. The van der Waals surface area contributed by atoms with Crippen molar-refractivity contribution >= 4 is 38.8 Å². The van der Waals surface area contributed by atoms with E-state index in [0.717, 1.165) is 44.8 Å². The minimum atomic E-state index is -3.62. The van der Waals surface area contributed by atoms with Crippen LogP contribution >= 0.6 is 11.8 Å². The van der Waals surface area contributed by atoms with Crippen LogP contribution < -0.4 is 0 Å². The number of carbonyl (C=O) groups excluding carboxylic acids is 1. The molecule has 12 heteroatoms. The highest BCUT2D eigenvalue weighted by Gasteiger charge is 2.27. The maximum absolute atomic E-state index is 13.1. The predicted molar refractivity (Wildman–Crippen MR) is 129 cm³/mol. The summed E-state index contributed by atoms with van der Waals surface area (Å²) in [6, 6.07) is 5.10. The molecule has 2 aromatic rings. The lowest BCUT2D eigenvalue weighted by atomic mass is 10.3. The van der Waals surface area contributed by atoms with Gasteiger partial charge in [0.1, 0.15) is 0 Å². The molecule has 0 amide bonds. The van der Waals surface area contributed by atoms with Crippen LogP contribution in [0.2, 0.25) is 0 Å². The zero-order valence-electron chi connectivity index (χ0n) is 19.5. The van der Waals surface area contributed by atoms with Crippen LogP contribution in [0.5, 0.6) is 0 Å². The average molecular weight is 513 g/mol. The fourth-order valence-corrected chi connectivity index (χ4v) is 6.38. The maximum atomic E-state index is 13.1. The Labute approximate surface area is 204 Å². The van der Waals surface area contributed by atoms with E-state index < -0.39 is 10.0 Å². The van der Waals surface area contributed by atoms with Gasteiger partial charge in [0.25, 0.3) is 0 Å². The molecule has 0 bridgehead atoms. The van der Waals surface area contributed by atoms with Gasteiger partial charge in [-0.3, -0.25) is 9.69 Å². The van der Waals surface area contributed by atoms with Crippen molar-refractivity contribution in [1.82, 2.24) is 18.8 Å². The van der Waals surface area contributed by atoms with Crippen LogP contribution in [0.3, 0.4) is 0 Å². The lowest BCUT2D eigenvalue weighted by Crippen LogP contribution is -2.40. The summed E-state index contributed by atoms with van der Waals surface area (Å²) in [6.07, 6.45) is 0.909. The topological polar surface area (TPSA) is 103 Å². The molecule has 2 saturated heterocycles. The van der Waals surface area contributed by atoms with Crippen molar-refractivity contribution in [3.8, 4) is 0 Å². The summed E-state index contributed by atoms with van der Waals surface area (Å²) in [6.45, 7) is 8.62. The molecule has 188 valence electrons. The van der Waals surface area contributed by atoms with Gasteiger partial charge in [0.15, 0.2) is 5.16 Å². The highest BCUT2D eigenvalue weighted by molar-refractivity contribution is 7.99. The summed E-state index contributed by atoms with van der Waals surface area (Å²) in [5.41, 5.74) is 1.46. The number of aromatic nitrogens is 2. The average Bonchev–Trinajstić information content (AvgIpc) is 3.21. The molecule has 0 unspecified atom stereocenters. The van der Waals surface area contributed by atoms with E-state index in [9.17, 15) is 13.2 Å². The summed E-state index contributed by atoms with van der Waals surface area (Å²) in [5.74, 6) is -0.144. The molecule has 4 rings (SSSR count). The third kappa shape index (κ3) is 6.10. The Hall–Kier alpha value is -1.70. The second kappa shape index (κ2) is 11.8. The van der Waals surface area contributed by atoms with Gasteiger partial charge in [-0.05, 0) is 31.5 Å². The number of nitrogens with zero attached hydrogens (tertiary/aromatic N) is 4. The first kappa shape index (κ1) is 25.4. The van der Waals surface area contributed by atoms with Crippen molar-refractivity contribution in [2.24, 2.45) is 0 Å². The number of carbonyl (C=O) groups is 1. The van der Waals surface area contributed by atoms with Gasteiger partial charge in [-0.15, -0.1) is 0 Å². The fourth-order valence-electron chi connectivity index (χ4n) is 4.11. The molecule has 1 aromatic carbocycles. The van der Waals surface area contributed by atoms with Gasteiger partial charge < -0.3 is 18.8 Å². The monoisotopic (exact) mass is 512 g/mol. The number of imidazole rings is 1. The van der Waals surface area contributed by atoms with Crippen LogP contribution in [-0.4, -0.2) is 105 Å². The molecule has 0 radical (unpaired) electrons. The number of fused-ring (bicyclic) bond motifs is 1. The Bertz CT molecular complexity index is 1080. The van der Waals surface area contributed by atoms with Gasteiger partial charge in [-0.2, -0.15) is 4.31 Å². The lowest BCUT2D eigenvalue weighted by Gasteiger charge is -2.26. The number of rotatable bonds is 10. The Morgan fingerprint density at radius 1 is 1.09 bits per heavy atom. The molecular weight excluding hydrogens is 480 g/mol. The van der Waals surface area contributed by atoms with Gasteiger partial charge in [0.2, 0.25) is 10.0 Å². The zero-order valence-corrected chi connectivity index (χ0v) is 21.1. The quantitative estimate of drug-likeness (QED) is 0.345. The molecule has 0 aliphatic carbocycles. The van der Waals surface area contributed by atoms with Crippen molar-refractivity contribution < 1.29 is 27.4 Å². The van der Waals surface area contributed by atoms with E-state index in [1.165, 1.54) is 16.1 Å². The summed E-state index contributed by atoms with van der Waals surface area (Å²) in [5, 5.41) is 0.686. The van der Waals surface area contributed by atoms with E-state index in [2.05, 4.69) is 9.47 Å². The van der Waals surface area contributed by atoms with E-state index in [-0.39, 0.29) is 16.6 Å². The van der Waals surface area contributed by atoms with Gasteiger partial charge in [0, 0.05) is 39.3 Å². The van der Waals surface area contributed by atoms with Crippen molar-refractivity contribution in [3.63, 3.8) is 0 Å². The number of morpholine rings is 2. The smallest absolute Gasteiger partial charge is 0.316 e. The standard InChI is InChI=1S/C22H32N4O6S2/c1-2-32-21(27)17-33-22-23-19-16-18(34(28,29)25-10-14-31-15-11-25)4-5-20(19)26(22)7-3-6-24-8-12-30-13-9-24/h4-5,16H,2-3,6-15,17H2,1H3. The molecule has 0 saturated carbocycles. The van der Waals surface area contributed by atoms with Crippen LogP contribution in [0.25, 0.3) is 11.0 Å². The van der Waals surface area contributed by atoms with Gasteiger partial charge >= 0.3 is 5.97 Å². The van der Waals surface area contributed by atoms with Crippen LogP contribution in [0, 0.1) is 0 Å². The molecule has 34 heavy (non-hydrogen) atoms. The van der Waals surface area contributed by atoms with E-state index in [0.29, 0.717) is 50.1 Å². The zero-order chi connectivity index (χ0) is 24.0. The summed E-state index contributed by atoms with van der Waals surface area (Å²) in [7, 11) is -3.62. The first-order chi connectivity index (χ1) is 16.5. The Morgan fingerprint density at radius 3 is 2.50 bits per heavy atom. The fraction of sp³-hybridized carbons (Fsp3) is 0.636. The maximum Gasteiger partial charge on any atom is 0.316 e. The normalized spacial score (nSPS) is 18.4. The summed E-state index contributed by atoms with van der Waals surface area (Å²) in [4.78, 5) is 19.2. The summed E-state index contributed by atoms with van der Waals surface area (Å²) < 4.78 is 45.5. The number of benzene rings is 1. The number of thioether (sulfide) groups is 1. The van der Waals surface area contributed by atoms with E-state index in [4.69, 9.17) is 19.2 Å². The Balaban J connectivity index is 1.56.